The Morgan fingerprint density at radius 3 is 2.00 bits per heavy atom. The van der Waals surface area contributed by atoms with Crippen molar-refractivity contribution in [1.82, 2.24) is 0 Å². The van der Waals surface area contributed by atoms with Crippen LogP contribution in [0.1, 0.15) is 79.6 Å². The van der Waals surface area contributed by atoms with Gasteiger partial charge in [0.25, 0.3) is 0 Å². The van der Waals surface area contributed by atoms with Crippen molar-refractivity contribution in [2.75, 3.05) is 0 Å². The van der Waals surface area contributed by atoms with E-state index < -0.39 is 0 Å². The molecular weight excluding hydrogens is 180 g/mol. The molecule has 0 radical (unpaired) electrons. The fraction of sp³-hybridized carbons (Fsp3) is 1.00. The van der Waals surface area contributed by atoms with Gasteiger partial charge < -0.3 is 0 Å². The van der Waals surface area contributed by atoms with Gasteiger partial charge >= 0.3 is 0 Å². The Morgan fingerprint density at radius 1 is 1.00 bits per heavy atom. The summed E-state index contributed by atoms with van der Waals surface area (Å²) < 4.78 is 0. The predicted molar refractivity (Wildman–Crippen MR) is 71.2 cm³/mol. The highest BCUT2D eigenvalue weighted by atomic mass is 14.3. The lowest BCUT2D eigenvalue weighted by Crippen LogP contribution is -2.19. The molecule has 0 nitrogen and oxygen atoms in total. The maximum atomic E-state index is 2.37. The molecule has 0 spiro atoms. The zero-order valence-corrected chi connectivity index (χ0v) is 11.7. The normalized spacial score (nSPS) is 26.0. The Bertz CT molecular complexity index is 126. The molecule has 0 heteroatoms. The first-order valence-electron chi connectivity index (χ1n) is 7.24. The van der Waals surface area contributed by atoms with E-state index >= 15 is 0 Å². The minimum Gasteiger partial charge on any atom is -0.0683 e. The van der Waals surface area contributed by atoms with Crippen LogP contribution in [0.2, 0.25) is 0 Å². The van der Waals surface area contributed by atoms with E-state index in [0.717, 1.165) is 17.8 Å². The van der Waals surface area contributed by atoms with Crippen molar-refractivity contribution in [3.63, 3.8) is 0 Å². The third-order valence-electron chi connectivity index (χ3n) is 3.71. The molecule has 0 amide bonds. The Hall–Kier alpha value is 0. The molecule has 2 atom stereocenters. The van der Waals surface area contributed by atoms with Crippen molar-refractivity contribution in [3.05, 3.63) is 0 Å². The maximum Gasteiger partial charge on any atom is -0.0386 e. The number of hydrogen-bond donors (Lipinski definition) is 0. The first kappa shape index (κ1) is 15.0. The minimum atomic E-state index is 0.902. The first-order valence-corrected chi connectivity index (χ1v) is 7.24. The van der Waals surface area contributed by atoms with Crippen LogP contribution < -0.4 is 0 Å². The van der Waals surface area contributed by atoms with E-state index in [1.54, 1.807) is 0 Å². The van der Waals surface area contributed by atoms with Gasteiger partial charge in [-0.05, 0) is 24.2 Å². The average Bonchev–Trinajstić information content (AvgIpc) is 2.29. The molecule has 1 saturated carbocycles. The van der Waals surface area contributed by atoms with E-state index in [1.165, 1.54) is 44.9 Å². The first-order chi connectivity index (χ1) is 7.24. The van der Waals surface area contributed by atoms with Crippen LogP contribution in [0.5, 0.6) is 0 Å². The van der Waals surface area contributed by atoms with Gasteiger partial charge in [-0.25, -0.2) is 0 Å². The molecule has 0 aromatic carbocycles. The molecule has 15 heavy (non-hydrogen) atoms. The van der Waals surface area contributed by atoms with E-state index in [-0.39, 0.29) is 0 Å². The van der Waals surface area contributed by atoms with Gasteiger partial charge in [0.1, 0.15) is 0 Å². The minimum absolute atomic E-state index is 0.902. The van der Waals surface area contributed by atoms with E-state index in [1.807, 2.05) is 13.8 Å². The summed E-state index contributed by atoms with van der Waals surface area (Å²) in [6.45, 7) is 11.1. The Kier molecular flexibility index (Phi) is 9.24. The molecule has 0 aromatic rings. The molecule has 0 aromatic heterocycles. The van der Waals surface area contributed by atoms with Gasteiger partial charge in [0, 0.05) is 0 Å². The van der Waals surface area contributed by atoms with E-state index in [0.29, 0.717) is 0 Å². The molecule has 0 N–H and O–H groups in total. The fourth-order valence-corrected chi connectivity index (χ4v) is 2.75. The number of rotatable bonds is 4. The Morgan fingerprint density at radius 2 is 1.53 bits per heavy atom. The smallest absolute Gasteiger partial charge is 0.0386 e. The van der Waals surface area contributed by atoms with Crippen molar-refractivity contribution >= 4 is 0 Å². The predicted octanol–water partition coefficient (Wildman–Crippen LogP) is 5.67. The second-order valence-electron chi connectivity index (χ2n) is 5.18. The molecule has 0 bridgehead atoms. The van der Waals surface area contributed by atoms with Gasteiger partial charge in [-0.2, -0.15) is 0 Å². The molecule has 0 saturated heterocycles. The third kappa shape index (κ3) is 6.22. The number of hydrogen-bond acceptors (Lipinski definition) is 0. The quantitative estimate of drug-likeness (QED) is 0.563. The lowest BCUT2D eigenvalue weighted by molar-refractivity contribution is 0.208. The van der Waals surface area contributed by atoms with Crippen LogP contribution in [0.15, 0.2) is 0 Å². The van der Waals surface area contributed by atoms with Gasteiger partial charge in [0.05, 0.1) is 0 Å². The highest BCUT2D eigenvalue weighted by molar-refractivity contribution is 4.74. The summed E-state index contributed by atoms with van der Waals surface area (Å²) in [4.78, 5) is 0. The second kappa shape index (κ2) is 9.24. The van der Waals surface area contributed by atoms with Crippen LogP contribution in [0, 0.1) is 17.8 Å². The summed E-state index contributed by atoms with van der Waals surface area (Å²) in [5.41, 5.74) is 0. The van der Waals surface area contributed by atoms with Gasteiger partial charge in [0.2, 0.25) is 0 Å². The summed E-state index contributed by atoms with van der Waals surface area (Å²) >= 11 is 0. The SMILES string of the molecule is CC.CCC1CCCCC1CCC(C)C. The highest BCUT2D eigenvalue weighted by Crippen LogP contribution is 2.35. The molecule has 1 aliphatic rings. The summed E-state index contributed by atoms with van der Waals surface area (Å²) in [7, 11) is 0. The monoisotopic (exact) mass is 212 g/mol. The van der Waals surface area contributed by atoms with Gasteiger partial charge in [0.15, 0.2) is 0 Å². The zero-order valence-electron chi connectivity index (χ0n) is 11.7. The zero-order chi connectivity index (χ0) is 11.7. The van der Waals surface area contributed by atoms with Crippen molar-refractivity contribution < 1.29 is 0 Å². The maximum absolute atomic E-state index is 2.37. The standard InChI is InChI=1S/C13H26.C2H6/c1-4-12-7-5-6-8-13(12)10-9-11(2)3;1-2/h11-13H,4-10H2,1-3H3;1-2H3. The summed E-state index contributed by atoms with van der Waals surface area (Å²) in [5, 5.41) is 0. The van der Waals surface area contributed by atoms with Crippen LogP contribution in [0.3, 0.4) is 0 Å². The van der Waals surface area contributed by atoms with Crippen molar-refractivity contribution in [3.8, 4) is 0 Å². The van der Waals surface area contributed by atoms with Crippen molar-refractivity contribution in [2.45, 2.75) is 79.6 Å². The lowest BCUT2D eigenvalue weighted by atomic mass is 9.75. The fourth-order valence-electron chi connectivity index (χ4n) is 2.75. The van der Waals surface area contributed by atoms with Crippen LogP contribution >= 0.6 is 0 Å². The molecule has 0 heterocycles. The van der Waals surface area contributed by atoms with E-state index in [9.17, 15) is 0 Å². The summed E-state index contributed by atoms with van der Waals surface area (Å²) in [5.74, 6) is 3.04. The Labute approximate surface area is 97.8 Å². The second-order valence-corrected chi connectivity index (χ2v) is 5.18. The molecule has 92 valence electrons. The summed E-state index contributed by atoms with van der Waals surface area (Å²) in [6.07, 6.45) is 10.4. The van der Waals surface area contributed by atoms with Crippen LogP contribution in [-0.2, 0) is 0 Å². The topological polar surface area (TPSA) is 0 Å². The van der Waals surface area contributed by atoms with E-state index in [2.05, 4.69) is 20.8 Å². The van der Waals surface area contributed by atoms with Crippen LogP contribution in [0.4, 0.5) is 0 Å². The lowest BCUT2D eigenvalue weighted by Gasteiger charge is -2.31. The average molecular weight is 212 g/mol. The Balaban J connectivity index is 0.000000921. The van der Waals surface area contributed by atoms with Crippen molar-refractivity contribution in [2.24, 2.45) is 17.8 Å². The summed E-state index contributed by atoms with van der Waals surface area (Å²) in [6, 6.07) is 0. The third-order valence-corrected chi connectivity index (χ3v) is 3.71. The van der Waals surface area contributed by atoms with Crippen LogP contribution in [-0.4, -0.2) is 0 Å². The molecule has 2 unspecified atom stereocenters. The highest BCUT2D eigenvalue weighted by Gasteiger charge is 2.22. The molecule has 0 aliphatic heterocycles. The van der Waals surface area contributed by atoms with Crippen molar-refractivity contribution in [1.29, 1.82) is 0 Å². The van der Waals surface area contributed by atoms with Gasteiger partial charge in [-0.1, -0.05) is 73.1 Å². The molecule has 1 aliphatic carbocycles. The largest absolute Gasteiger partial charge is 0.0683 e. The van der Waals surface area contributed by atoms with Gasteiger partial charge in [-0.3, -0.25) is 0 Å². The molecular formula is C15H32. The van der Waals surface area contributed by atoms with Crippen LogP contribution in [0.25, 0.3) is 0 Å². The molecule has 1 fully saturated rings. The van der Waals surface area contributed by atoms with Gasteiger partial charge in [-0.15, -0.1) is 0 Å². The van der Waals surface area contributed by atoms with E-state index in [4.69, 9.17) is 0 Å². The molecule has 1 rings (SSSR count).